The van der Waals surface area contributed by atoms with Gasteiger partial charge in [-0.25, -0.2) is 0 Å². The summed E-state index contributed by atoms with van der Waals surface area (Å²) in [5.41, 5.74) is 1.29. The van der Waals surface area contributed by atoms with Gasteiger partial charge in [-0.2, -0.15) is 0 Å². The Hall–Kier alpha value is -0.540. The predicted molar refractivity (Wildman–Crippen MR) is 63.0 cm³/mol. The smallest absolute Gasteiger partial charge is 0.0912 e. The van der Waals surface area contributed by atoms with Crippen molar-refractivity contribution in [1.29, 1.82) is 0 Å². The summed E-state index contributed by atoms with van der Waals surface area (Å²) in [5, 5.41) is 15.9. The zero-order valence-corrected chi connectivity index (χ0v) is 9.90. The van der Waals surface area contributed by atoms with Gasteiger partial charge in [0.25, 0.3) is 0 Å². The van der Waals surface area contributed by atoms with Crippen molar-refractivity contribution in [2.45, 2.75) is 20.8 Å². The first-order valence-corrected chi connectivity index (χ1v) is 5.92. The highest BCUT2D eigenvalue weighted by molar-refractivity contribution is 7.14. The summed E-state index contributed by atoms with van der Waals surface area (Å²) in [6.45, 7) is 7.50. The van der Waals surface area contributed by atoms with Crippen molar-refractivity contribution in [2.75, 3.05) is 18.5 Å². The van der Waals surface area contributed by atoms with E-state index in [2.05, 4.69) is 37.5 Å². The number of hydrogen-bond acceptors (Lipinski definition) is 3. The molecule has 0 spiro atoms. The molecule has 1 rings (SSSR count). The Morgan fingerprint density at radius 2 is 2.21 bits per heavy atom. The van der Waals surface area contributed by atoms with Gasteiger partial charge >= 0.3 is 0 Å². The van der Waals surface area contributed by atoms with Crippen LogP contribution in [0.4, 0.5) is 5.00 Å². The van der Waals surface area contributed by atoms with Gasteiger partial charge in [0.1, 0.15) is 0 Å². The number of anilines is 1. The summed E-state index contributed by atoms with van der Waals surface area (Å²) >= 11 is 1.72. The monoisotopic (exact) mass is 213 g/mol. The molecule has 3 heteroatoms. The van der Waals surface area contributed by atoms with Crippen LogP contribution in [0.15, 0.2) is 11.4 Å². The van der Waals surface area contributed by atoms with Crippen LogP contribution >= 0.6 is 11.3 Å². The maximum Gasteiger partial charge on any atom is 0.0912 e. The van der Waals surface area contributed by atoms with E-state index in [4.69, 9.17) is 5.11 Å². The summed E-state index contributed by atoms with van der Waals surface area (Å²) in [7, 11) is 0. The molecule has 2 nitrogen and oxygen atoms in total. The van der Waals surface area contributed by atoms with Crippen molar-refractivity contribution in [3.05, 3.63) is 17.0 Å². The van der Waals surface area contributed by atoms with Crippen molar-refractivity contribution < 1.29 is 5.11 Å². The van der Waals surface area contributed by atoms with Crippen LogP contribution in [-0.2, 0) is 0 Å². The van der Waals surface area contributed by atoms with Crippen LogP contribution in [0.1, 0.15) is 19.4 Å². The third-order valence-corrected chi connectivity index (χ3v) is 3.54. The molecule has 0 saturated heterocycles. The Kier molecular flexibility index (Phi) is 4.42. The molecule has 1 aromatic rings. The van der Waals surface area contributed by atoms with Gasteiger partial charge in [0.15, 0.2) is 0 Å². The fourth-order valence-corrected chi connectivity index (χ4v) is 2.12. The van der Waals surface area contributed by atoms with E-state index in [0.29, 0.717) is 11.8 Å². The van der Waals surface area contributed by atoms with E-state index in [-0.39, 0.29) is 6.61 Å². The number of nitrogens with one attached hydrogen (secondary N) is 1. The van der Waals surface area contributed by atoms with Gasteiger partial charge in [-0.05, 0) is 29.9 Å². The van der Waals surface area contributed by atoms with Gasteiger partial charge < -0.3 is 10.4 Å². The number of rotatable bonds is 5. The molecule has 2 N–H and O–H groups in total. The molecule has 0 aromatic carbocycles. The van der Waals surface area contributed by atoms with Crippen molar-refractivity contribution >= 4 is 16.3 Å². The highest BCUT2D eigenvalue weighted by Gasteiger charge is 2.12. The SMILES string of the molecule is Cc1ccsc1NCC(CO)C(C)C. The fraction of sp³-hybridized carbons (Fsp3) is 0.636. The predicted octanol–water partition coefficient (Wildman–Crippen LogP) is 2.73. The molecule has 14 heavy (non-hydrogen) atoms. The number of hydrogen-bond donors (Lipinski definition) is 2. The fourth-order valence-electron chi connectivity index (χ4n) is 1.29. The molecule has 1 aromatic heterocycles. The number of aliphatic hydroxyl groups excluding tert-OH is 1. The Bertz CT molecular complexity index is 270. The number of thiophene rings is 1. The lowest BCUT2D eigenvalue weighted by Crippen LogP contribution is -2.22. The molecule has 0 amide bonds. The van der Waals surface area contributed by atoms with E-state index in [1.807, 2.05) is 0 Å². The lowest BCUT2D eigenvalue weighted by atomic mass is 9.97. The normalized spacial score (nSPS) is 13.2. The molecule has 1 heterocycles. The minimum Gasteiger partial charge on any atom is -0.396 e. The third-order valence-electron chi connectivity index (χ3n) is 2.56. The van der Waals surface area contributed by atoms with Gasteiger partial charge in [0, 0.05) is 19.1 Å². The second-order valence-electron chi connectivity index (χ2n) is 4.00. The van der Waals surface area contributed by atoms with Crippen LogP contribution in [0.3, 0.4) is 0 Å². The molecule has 1 unspecified atom stereocenters. The maximum absolute atomic E-state index is 9.16. The summed E-state index contributed by atoms with van der Waals surface area (Å²) in [6, 6.07) is 2.11. The molecular formula is C11H19NOS. The van der Waals surface area contributed by atoms with Crippen molar-refractivity contribution in [1.82, 2.24) is 0 Å². The second kappa shape index (κ2) is 5.37. The van der Waals surface area contributed by atoms with E-state index < -0.39 is 0 Å². The molecular weight excluding hydrogens is 194 g/mol. The number of aliphatic hydroxyl groups is 1. The Labute approximate surface area is 90.0 Å². The minimum atomic E-state index is 0.259. The van der Waals surface area contributed by atoms with E-state index in [1.165, 1.54) is 10.6 Å². The average molecular weight is 213 g/mol. The van der Waals surface area contributed by atoms with E-state index in [9.17, 15) is 0 Å². The lowest BCUT2D eigenvalue weighted by Gasteiger charge is -2.18. The highest BCUT2D eigenvalue weighted by Crippen LogP contribution is 2.22. The maximum atomic E-state index is 9.16. The molecule has 0 aliphatic rings. The van der Waals surface area contributed by atoms with Crippen LogP contribution in [-0.4, -0.2) is 18.3 Å². The van der Waals surface area contributed by atoms with Gasteiger partial charge in [-0.15, -0.1) is 11.3 Å². The molecule has 1 atom stereocenters. The first kappa shape index (κ1) is 11.5. The zero-order chi connectivity index (χ0) is 10.6. The van der Waals surface area contributed by atoms with Crippen LogP contribution in [0.2, 0.25) is 0 Å². The van der Waals surface area contributed by atoms with Gasteiger partial charge in [0.05, 0.1) is 5.00 Å². The Morgan fingerprint density at radius 3 is 2.64 bits per heavy atom. The van der Waals surface area contributed by atoms with Gasteiger partial charge in [0.2, 0.25) is 0 Å². The van der Waals surface area contributed by atoms with Crippen molar-refractivity contribution in [2.24, 2.45) is 11.8 Å². The van der Waals surface area contributed by atoms with Crippen LogP contribution < -0.4 is 5.32 Å². The molecule has 0 fully saturated rings. The summed E-state index contributed by atoms with van der Waals surface area (Å²) in [4.78, 5) is 0. The molecule has 0 aliphatic heterocycles. The molecule has 0 aliphatic carbocycles. The molecule has 0 saturated carbocycles. The minimum absolute atomic E-state index is 0.259. The Morgan fingerprint density at radius 1 is 1.50 bits per heavy atom. The highest BCUT2D eigenvalue weighted by atomic mass is 32.1. The molecule has 0 bridgehead atoms. The van der Waals surface area contributed by atoms with E-state index >= 15 is 0 Å². The van der Waals surface area contributed by atoms with E-state index in [1.54, 1.807) is 11.3 Å². The molecule has 0 radical (unpaired) electrons. The zero-order valence-electron chi connectivity index (χ0n) is 9.08. The van der Waals surface area contributed by atoms with Gasteiger partial charge in [-0.1, -0.05) is 13.8 Å². The number of aryl methyl sites for hydroxylation is 1. The summed E-state index contributed by atoms with van der Waals surface area (Å²) in [5.74, 6) is 0.865. The Balaban J connectivity index is 2.43. The van der Waals surface area contributed by atoms with Crippen molar-refractivity contribution in [3.63, 3.8) is 0 Å². The second-order valence-corrected chi connectivity index (χ2v) is 4.92. The standard InChI is InChI=1S/C11H19NOS/c1-8(2)10(7-13)6-12-11-9(3)4-5-14-11/h4-5,8,10,12-13H,6-7H2,1-3H3. The van der Waals surface area contributed by atoms with Crippen LogP contribution in [0.5, 0.6) is 0 Å². The average Bonchev–Trinajstić information content (AvgIpc) is 2.52. The lowest BCUT2D eigenvalue weighted by molar-refractivity contribution is 0.198. The first-order valence-electron chi connectivity index (χ1n) is 5.04. The molecule has 80 valence electrons. The topological polar surface area (TPSA) is 32.3 Å². The third kappa shape index (κ3) is 3.00. The van der Waals surface area contributed by atoms with Crippen LogP contribution in [0.25, 0.3) is 0 Å². The van der Waals surface area contributed by atoms with Gasteiger partial charge in [-0.3, -0.25) is 0 Å². The largest absolute Gasteiger partial charge is 0.396 e. The first-order chi connectivity index (χ1) is 6.65. The van der Waals surface area contributed by atoms with Crippen molar-refractivity contribution in [3.8, 4) is 0 Å². The summed E-state index contributed by atoms with van der Waals surface area (Å²) in [6.07, 6.45) is 0. The quantitative estimate of drug-likeness (QED) is 0.788. The van der Waals surface area contributed by atoms with E-state index in [0.717, 1.165) is 6.54 Å². The van der Waals surface area contributed by atoms with Crippen LogP contribution in [0, 0.1) is 18.8 Å². The summed E-state index contributed by atoms with van der Waals surface area (Å²) < 4.78 is 0.